The van der Waals surface area contributed by atoms with Crippen LogP contribution in [0, 0.1) is 17.2 Å². The van der Waals surface area contributed by atoms with E-state index in [1.165, 1.54) is 0 Å². The lowest BCUT2D eigenvalue weighted by atomic mass is 10.1. The summed E-state index contributed by atoms with van der Waals surface area (Å²) in [6.07, 6.45) is 1.95. The number of nitrogens with zero attached hydrogens (tertiary/aromatic N) is 1. The van der Waals surface area contributed by atoms with Crippen LogP contribution in [0.5, 0.6) is 0 Å². The van der Waals surface area contributed by atoms with E-state index >= 15 is 0 Å². The molecule has 0 aliphatic heterocycles. The van der Waals surface area contributed by atoms with Crippen molar-refractivity contribution in [2.45, 2.75) is 33.2 Å². The van der Waals surface area contributed by atoms with Gasteiger partial charge in [-0.05, 0) is 4.74 Å². The fraction of sp³-hybridized carbons (Fsp3) is 0.625. The van der Waals surface area contributed by atoms with Crippen molar-refractivity contribution in [2.24, 2.45) is 0 Å². The Morgan fingerprint density at radius 2 is 1.60 bits per heavy atom. The standard InChI is InChI=1S/C8H14NO.ClHO4/c1-7-5-6-9(10-7)8(2,3)4;2-1(3,4)5/h5-6H,1-4H3;(H,2,3,4,5)/q+1;/p-1. The number of hydrogen-bond donors (Lipinski definition) is 0. The van der Waals surface area contributed by atoms with Gasteiger partial charge < -0.3 is 0 Å². The summed E-state index contributed by atoms with van der Waals surface area (Å²) in [4.78, 5) is 0. The Kier molecular flexibility index (Phi) is 4.69. The van der Waals surface area contributed by atoms with Crippen LogP contribution in [0.4, 0.5) is 0 Å². The van der Waals surface area contributed by atoms with E-state index in [1.54, 1.807) is 0 Å². The van der Waals surface area contributed by atoms with Gasteiger partial charge in [0.15, 0.2) is 5.76 Å². The zero-order valence-electron chi connectivity index (χ0n) is 9.02. The van der Waals surface area contributed by atoms with Crippen LogP contribution in [0.25, 0.3) is 0 Å². The lowest BCUT2D eigenvalue weighted by Crippen LogP contribution is -2.68. The molecule has 1 heterocycles. The second-order valence-corrected chi connectivity index (χ2v) is 4.65. The number of aromatic nitrogens is 1. The molecule has 0 aromatic carbocycles. The highest BCUT2D eigenvalue weighted by atomic mass is 35.7. The van der Waals surface area contributed by atoms with E-state index < -0.39 is 10.2 Å². The molecule has 0 unspecified atom stereocenters. The average molecular weight is 240 g/mol. The van der Waals surface area contributed by atoms with Crippen molar-refractivity contribution >= 4 is 0 Å². The Morgan fingerprint density at radius 1 is 1.20 bits per heavy atom. The van der Waals surface area contributed by atoms with Gasteiger partial charge in [0.05, 0.1) is 6.07 Å². The van der Waals surface area contributed by atoms with Crippen molar-refractivity contribution < 1.29 is 38.1 Å². The summed E-state index contributed by atoms with van der Waals surface area (Å²) in [6, 6.07) is 1.96. The normalized spacial score (nSPS) is 12.0. The molecule has 0 radical (unpaired) electrons. The van der Waals surface area contributed by atoms with E-state index in [1.807, 2.05) is 23.9 Å². The summed E-state index contributed by atoms with van der Waals surface area (Å²) in [5, 5.41) is 0. The zero-order chi connectivity index (χ0) is 12.3. The topological polar surface area (TPSA) is 109 Å². The maximum atomic E-state index is 8.49. The highest BCUT2D eigenvalue weighted by molar-refractivity contribution is 4.84. The van der Waals surface area contributed by atoms with Crippen LogP contribution in [0.2, 0.25) is 0 Å². The first kappa shape index (κ1) is 14.3. The highest BCUT2D eigenvalue weighted by Gasteiger charge is 2.25. The van der Waals surface area contributed by atoms with Crippen molar-refractivity contribution in [3.63, 3.8) is 0 Å². The molecule has 88 valence electrons. The van der Waals surface area contributed by atoms with E-state index in [2.05, 4.69) is 20.8 Å². The van der Waals surface area contributed by atoms with Crippen LogP contribution < -0.4 is 23.4 Å². The largest absolute Gasteiger partial charge is 0.241 e. The molecule has 0 amide bonds. The van der Waals surface area contributed by atoms with Crippen molar-refractivity contribution in [1.82, 2.24) is 0 Å². The van der Waals surface area contributed by atoms with Gasteiger partial charge in [0, 0.05) is 27.7 Å². The van der Waals surface area contributed by atoms with Gasteiger partial charge in [-0.2, -0.15) is 0 Å². The third-order valence-corrected chi connectivity index (χ3v) is 1.35. The van der Waals surface area contributed by atoms with Gasteiger partial charge >= 0.3 is 0 Å². The molecule has 1 aromatic heterocycles. The minimum absolute atomic E-state index is 0.0637. The second kappa shape index (κ2) is 4.91. The number of rotatable bonds is 0. The first-order valence-electron chi connectivity index (χ1n) is 4.11. The summed E-state index contributed by atoms with van der Waals surface area (Å²) in [5.41, 5.74) is 0.0637. The summed E-state index contributed by atoms with van der Waals surface area (Å²) >= 11 is 0. The summed E-state index contributed by atoms with van der Waals surface area (Å²) in [6.45, 7) is 8.27. The van der Waals surface area contributed by atoms with Gasteiger partial charge in [0.25, 0.3) is 0 Å². The first-order valence-corrected chi connectivity index (χ1v) is 5.34. The molecule has 0 aliphatic rings. The summed E-state index contributed by atoms with van der Waals surface area (Å²) in [7, 11) is -4.94. The van der Waals surface area contributed by atoms with E-state index in [0.29, 0.717) is 0 Å². The third-order valence-electron chi connectivity index (χ3n) is 1.35. The van der Waals surface area contributed by atoms with Crippen molar-refractivity contribution in [1.29, 1.82) is 0 Å². The van der Waals surface area contributed by atoms with Gasteiger partial charge in [0.2, 0.25) is 11.7 Å². The molecular weight excluding hydrogens is 226 g/mol. The van der Waals surface area contributed by atoms with Crippen molar-refractivity contribution in [3.05, 3.63) is 18.0 Å². The zero-order valence-corrected chi connectivity index (χ0v) is 9.78. The molecule has 1 rings (SSSR count). The summed E-state index contributed by atoms with van der Waals surface area (Å²) in [5.74, 6) is 0.954. The van der Waals surface area contributed by atoms with Crippen LogP contribution in [-0.4, -0.2) is 0 Å². The SMILES string of the molecule is Cc1cc[n+](C(C)(C)C)o1.[O-][Cl+3]([O-])([O-])[O-]. The Morgan fingerprint density at radius 3 is 1.73 bits per heavy atom. The van der Waals surface area contributed by atoms with E-state index in [0.717, 1.165) is 5.76 Å². The molecule has 0 saturated carbocycles. The predicted molar refractivity (Wildman–Crippen MR) is 38.6 cm³/mol. The third kappa shape index (κ3) is 8.34. The number of halogens is 1. The van der Waals surface area contributed by atoms with Gasteiger partial charge in [-0.25, -0.2) is 23.2 Å². The minimum atomic E-state index is -4.94. The summed E-state index contributed by atoms with van der Waals surface area (Å²) < 4.78 is 41.2. The average Bonchev–Trinajstić information content (AvgIpc) is 2.29. The molecule has 0 bridgehead atoms. The Labute approximate surface area is 90.1 Å². The molecule has 0 atom stereocenters. The molecule has 0 N–H and O–H groups in total. The fourth-order valence-corrected chi connectivity index (χ4v) is 0.749. The molecule has 1 aromatic rings. The highest BCUT2D eigenvalue weighted by Crippen LogP contribution is 2.04. The van der Waals surface area contributed by atoms with E-state index in [4.69, 9.17) is 23.2 Å². The molecule has 6 nitrogen and oxygen atoms in total. The monoisotopic (exact) mass is 239 g/mol. The number of hydrogen-bond acceptors (Lipinski definition) is 5. The lowest BCUT2D eigenvalue weighted by Gasteiger charge is -2.17. The molecule has 0 aliphatic carbocycles. The first-order chi connectivity index (χ1) is 6.50. The molecule has 0 fully saturated rings. The minimum Gasteiger partial charge on any atom is -0.241 e. The molecular formula is C8H14ClNO5. The maximum absolute atomic E-state index is 8.49. The van der Waals surface area contributed by atoms with E-state index in [9.17, 15) is 0 Å². The van der Waals surface area contributed by atoms with Crippen molar-refractivity contribution in [3.8, 4) is 0 Å². The molecule has 7 heteroatoms. The van der Waals surface area contributed by atoms with Crippen LogP contribution in [0.3, 0.4) is 0 Å². The molecule has 0 saturated heterocycles. The fourth-order valence-electron chi connectivity index (χ4n) is 0.749. The van der Waals surface area contributed by atoms with Crippen LogP contribution in [0.1, 0.15) is 26.5 Å². The van der Waals surface area contributed by atoms with Crippen molar-refractivity contribution in [2.75, 3.05) is 0 Å². The van der Waals surface area contributed by atoms with Gasteiger partial charge in [-0.1, -0.05) is 0 Å². The smallest absolute Gasteiger partial charge is 0.220 e. The lowest BCUT2D eigenvalue weighted by molar-refractivity contribution is -2.00. The molecule has 0 spiro atoms. The van der Waals surface area contributed by atoms with Gasteiger partial charge in [0.1, 0.15) is 0 Å². The Hall–Kier alpha value is -0.660. The van der Waals surface area contributed by atoms with Crippen LogP contribution in [0.15, 0.2) is 16.8 Å². The Bertz CT molecular complexity index is 293. The van der Waals surface area contributed by atoms with E-state index in [-0.39, 0.29) is 5.54 Å². The maximum Gasteiger partial charge on any atom is 0.220 e. The number of aryl methyl sites for hydroxylation is 1. The van der Waals surface area contributed by atoms with Gasteiger partial charge in [-0.3, -0.25) is 0 Å². The van der Waals surface area contributed by atoms with Gasteiger partial charge in [-0.15, -0.1) is 10.2 Å². The Balaban J connectivity index is 0.000000336. The van der Waals surface area contributed by atoms with Crippen LogP contribution >= 0.6 is 0 Å². The second-order valence-electron chi connectivity index (χ2n) is 3.89. The predicted octanol–water partition coefficient (Wildman–Crippen LogP) is -3.13. The molecule has 15 heavy (non-hydrogen) atoms. The van der Waals surface area contributed by atoms with Crippen LogP contribution in [-0.2, 0) is 5.54 Å². The quantitative estimate of drug-likeness (QED) is 0.445.